The Labute approximate surface area is 168 Å². The smallest absolute Gasteiger partial charge is 0.270 e. The molecular weight excluding hydrogens is 412 g/mol. The SMILES string of the molecule is Cl.O=C(NCC1CNCC1O)C1CCCN1S(=O)(=O)c1cccc([N+](=O)[O-])c1. The van der Waals surface area contributed by atoms with Crippen molar-refractivity contribution in [2.75, 3.05) is 26.2 Å². The Morgan fingerprint density at radius 3 is 2.79 bits per heavy atom. The Hall–Kier alpha value is -1.79. The van der Waals surface area contributed by atoms with Crippen LogP contribution in [-0.2, 0) is 14.8 Å². The number of non-ortho nitro benzene ring substituents is 1. The fraction of sp³-hybridized carbons (Fsp3) is 0.562. The standard InChI is InChI=1S/C16H22N4O6S.ClH/c21-15-10-17-8-11(15)9-18-16(22)14-5-2-6-19(14)27(25,26)13-4-1-3-12(7-13)20(23)24;/h1,3-4,7,11,14-15,17,21H,2,5-6,8-10H2,(H,18,22);1H. The van der Waals surface area contributed by atoms with Gasteiger partial charge in [0.15, 0.2) is 0 Å². The van der Waals surface area contributed by atoms with Crippen molar-refractivity contribution in [2.45, 2.75) is 29.9 Å². The molecule has 0 radical (unpaired) electrons. The van der Waals surface area contributed by atoms with Crippen LogP contribution >= 0.6 is 12.4 Å². The van der Waals surface area contributed by atoms with E-state index in [2.05, 4.69) is 10.6 Å². The van der Waals surface area contributed by atoms with Crippen LogP contribution in [0, 0.1) is 16.0 Å². The lowest BCUT2D eigenvalue weighted by Gasteiger charge is -2.24. The lowest BCUT2D eigenvalue weighted by molar-refractivity contribution is -0.385. The lowest BCUT2D eigenvalue weighted by atomic mass is 10.1. The maximum absolute atomic E-state index is 12.9. The minimum Gasteiger partial charge on any atom is -0.391 e. The summed E-state index contributed by atoms with van der Waals surface area (Å²) in [6.07, 6.45) is 0.365. The van der Waals surface area contributed by atoms with E-state index in [1.54, 1.807) is 0 Å². The van der Waals surface area contributed by atoms with Crippen LogP contribution in [0.1, 0.15) is 12.8 Å². The number of nitro benzene ring substituents is 1. The highest BCUT2D eigenvalue weighted by atomic mass is 35.5. The van der Waals surface area contributed by atoms with E-state index in [0.29, 0.717) is 25.9 Å². The molecule has 0 saturated carbocycles. The third kappa shape index (κ3) is 4.61. The molecule has 1 aromatic rings. The second-order valence-electron chi connectivity index (χ2n) is 6.76. The third-order valence-corrected chi connectivity index (χ3v) is 6.89. The number of carbonyl (C=O) groups excluding carboxylic acids is 1. The molecule has 0 bridgehead atoms. The molecule has 0 aromatic heterocycles. The van der Waals surface area contributed by atoms with Gasteiger partial charge in [-0.15, -0.1) is 12.4 Å². The second kappa shape index (κ2) is 9.14. The van der Waals surface area contributed by atoms with Crippen LogP contribution in [0.4, 0.5) is 5.69 Å². The fourth-order valence-corrected chi connectivity index (χ4v) is 5.16. The average molecular weight is 435 g/mol. The molecule has 2 fully saturated rings. The van der Waals surface area contributed by atoms with Crippen LogP contribution in [0.15, 0.2) is 29.2 Å². The van der Waals surface area contributed by atoms with Gasteiger partial charge in [0.2, 0.25) is 15.9 Å². The van der Waals surface area contributed by atoms with Gasteiger partial charge in [-0.1, -0.05) is 6.07 Å². The summed E-state index contributed by atoms with van der Waals surface area (Å²) < 4.78 is 26.9. The average Bonchev–Trinajstić information content (AvgIpc) is 3.29. The Morgan fingerprint density at radius 1 is 1.39 bits per heavy atom. The highest BCUT2D eigenvalue weighted by Gasteiger charge is 2.40. The van der Waals surface area contributed by atoms with E-state index in [9.17, 15) is 28.4 Å². The van der Waals surface area contributed by atoms with Crippen LogP contribution in [0.5, 0.6) is 0 Å². The van der Waals surface area contributed by atoms with Crippen molar-refractivity contribution >= 4 is 34.0 Å². The summed E-state index contributed by atoms with van der Waals surface area (Å²) >= 11 is 0. The number of nitrogens with zero attached hydrogens (tertiary/aromatic N) is 2. The van der Waals surface area contributed by atoms with Crippen molar-refractivity contribution in [1.29, 1.82) is 0 Å². The zero-order valence-corrected chi connectivity index (χ0v) is 16.6. The number of benzene rings is 1. The molecule has 2 aliphatic heterocycles. The largest absolute Gasteiger partial charge is 0.391 e. The van der Waals surface area contributed by atoms with Crippen molar-refractivity contribution in [2.24, 2.45) is 5.92 Å². The van der Waals surface area contributed by atoms with E-state index in [4.69, 9.17) is 0 Å². The molecule has 28 heavy (non-hydrogen) atoms. The molecular formula is C16H23ClN4O6S. The maximum atomic E-state index is 12.9. The van der Waals surface area contributed by atoms with Gasteiger partial charge in [0.05, 0.1) is 15.9 Å². The number of hydrogen-bond acceptors (Lipinski definition) is 7. The van der Waals surface area contributed by atoms with Crippen molar-refractivity contribution < 1.29 is 23.2 Å². The summed E-state index contributed by atoms with van der Waals surface area (Å²) in [5.74, 6) is -0.530. The van der Waals surface area contributed by atoms with Crippen LogP contribution in [-0.4, -0.2) is 67.0 Å². The van der Waals surface area contributed by atoms with E-state index < -0.39 is 33.0 Å². The zero-order chi connectivity index (χ0) is 19.6. The number of carbonyl (C=O) groups is 1. The molecule has 3 atom stereocenters. The molecule has 12 heteroatoms. The fourth-order valence-electron chi connectivity index (χ4n) is 3.46. The summed E-state index contributed by atoms with van der Waals surface area (Å²) in [5, 5.41) is 26.5. The van der Waals surface area contributed by atoms with Crippen molar-refractivity contribution in [3.8, 4) is 0 Å². The normalized spacial score (nSPS) is 25.2. The first-order chi connectivity index (χ1) is 12.8. The van der Waals surface area contributed by atoms with Crippen molar-refractivity contribution in [3.63, 3.8) is 0 Å². The van der Waals surface area contributed by atoms with Crippen molar-refractivity contribution in [3.05, 3.63) is 34.4 Å². The highest BCUT2D eigenvalue weighted by Crippen LogP contribution is 2.28. The van der Waals surface area contributed by atoms with E-state index >= 15 is 0 Å². The number of aliphatic hydroxyl groups is 1. The Bertz CT molecular complexity index is 836. The zero-order valence-electron chi connectivity index (χ0n) is 15.0. The maximum Gasteiger partial charge on any atom is 0.270 e. The first kappa shape index (κ1) is 22.5. The third-order valence-electron chi connectivity index (χ3n) is 4.98. The monoisotopic (exact) mass is 434 g/mol. The van der Waals surface area contributed by atoms with Crippen LogP contribution in [0.3, 0.4) is 0 Å². The number of hydrogen-bond donors (Lipinski definition) is 3. The molecule has 0 aliphatic carbocycles. The number of aliphatic hydroxyl groups excluding tert-OH is 1. The summed E-state index contributed by atoms with van der Waals surface area (Å²) in [6, 6.07) is 3.96. The number of halogens is 1. The van der Waals surface area contributed by atoms with Gasteiger partial charge in [-0.3, -0.25) is 14.9 Å². The lowest BCUT2D eigenvalue weighted by Crippen LogP contribution is -2.47. The molecule has 10 nitrogen and oxygen atoms in total. The first-order valence-corrected chi connectivity index (χ1v) is 10.2. The second-order valence-corrected chi connectivity index (χ2v) is 8.65. The summed E-state index contributed by atoms with van der Waals surface area (Å²) in [4.78, 5) is 22.6. The molecule has 156 valence electrons. The Morgan fingerprint density at radius 2 is 2.14 bits per heavy atom. The Balaban J connectivity index is 0.00000280. The van der Waals surface area contributed by atoms with Crippen LogP contribution in [0.2, 0.25) is 0 Å². The first-order valence-electron chi connectivity index (χ1n) is 8.73. The molecule has 2 heterocycles. The predicted molar refractivity (Wildman–Crippen MR) is 103 cm³/mol. The van der Waals surface area contributed by atoms with E-state index in [-0.39, 0.29) is 42.0 Å². The van der Waals surface area contributed by atoms with Gasteiger partial charge in [-0.25, -0.2) is 8.42 Å². The Kier molecular flexibility index (Phi) is 7.34. The van der Waals surface area contributed by atoms with Crippen molar-refractivity contribution in [1.82, 2.24) is 14.9 Å². The van der Waals surface area contributed by atoms with E-state index in [0.717, 1.165) is 10.4 Å². The molecule has 3 N–H and O–H groups in total. The van der Waals surface area contributed by atoms with Gasteiger partial charge in [-0.05, 0) is 18.9 Å². The molecule has 0 spiro atoms. The molecule has 2 aliphatic rings. The van der Waals surface area contributed by atoms with Gasteiger partial charge < -0.3 is 15.7 Å². The molecule has 3 rings (SSSR count). The number of nitrogens with one attached hydrogen (secondary N) is 2. The molecule has 1 amide bonds. The summed E-state index contributed by atoms with van der Waals surface area (Å²) in [6.45, 7) is 1.49. The minimum absolute atomic E-state index is 0. The van der Waals surface area contributed by atoms with E-state index in [1.165, 1.54) is 18.2 Å². The summed E-state index contributed by atoms with van der Waals surface area (Å²) in [5.41, 5.74) is -0.320. The number of sulfonamides is 1. The summed E-state index contributed by atoms with van der Waals surface area (Å²) in [7, 11) is -4.03. The van der Waals surface area contributed by atoms with Gasteiger partial charge in [0.1, 0.15) is 6.04 Å². The van der Waals surface area contributed by atoms with Gasteiger partial charge >= 0.3 is 0 Å². The number of rotatable bonds is 6. The topological polar surface area (TPSA) is 142 Å². The molecule has 2 saturated heterocycles. The van der Waals surface area contributed by atoms with E-state index in [1.807, 2.05) is 0 Å². The van der Waals surface area contributed by atoms with Crippen LogP contribution < -0.4 is 10.6 Å². The highest BCUT2D eigenvalue weighted by molar-refractivity contribution is 7.89. The molecule has 1 aromatic carbocycles. The number of amides is 1. The van der Waals surface area contributed by atoms with Crippen LogP contribution in [0.25, 0.3) is 0 Å². The molecule has 3 unspecified atom stereocenters. The minimum atomic E-state index is -4.03. The number of β-amino-alcohol motifs (C(OH)–C–C–N with tert-alkyl or cyclic N) is 1. The van der Waals surface area contributed by atoms with Gasteiger partial charge in [0, 0.05) is 44.2 Å². The number of nitro groups is 1. The quantitative estimate of drug-likeness (QED) is 0.418. The van der Waals surface area contributed by atoms with Gasteiger partial charge in [-0.2, -0.15) is 4.31 Å². The predicted octanol–water partition coefficient (Wildman–Crippen LogP) is -0.134. The van der Waals surface area contributed by atoms with Gasteiger partial charge in [0.25, 0.3) is 5.69 Å².